The fraction of sp³-hybridized carbons (Fsp3) is 0.0476. The number of nitrogens with zero attached hydrogens (tertiary/aromatic N) is 5. The number of benzene rings is 2. The van der Waals surface area contributed by atoms with Crippen molar-refractivity contribution in [2.75, 3.05) is 0 Å². The van der Waals surface area contributed by atoms with E-state index in [2.05, 4.69) is 16.3 Å². The maximum atomic E-state index is 9.24. The van der Waals surface area contributed by atoms with Crippen molar-refractivity contribution in [1.82, 2.24) is 9.38 Å². The molecule has 0 saturated carbocycles. The zero-order valence-electron chi connectivity index (χ0n) is 14.2. The van der Waals surface area contributed by atoms with Gasteiger partial charge in [0.25, 0.3) is 0 Å². The topological polar surface area (TPSA) is 65.8 Å². The third-order valence-corrected chi connectivity index (χ3v) is 4.08. The van der Waals surface area contributed by atoms with Crippen LogP contribution in [0, 0.1) is 18.3 Å². The summed E-state index contributed by atoms with van der Waals surface area (Å²) in [6.45, 7) is 2.03. The molecule has 5 nitrogen and oxygen atoms in total. The highest BCUT2D eigenvalue weighted by molar-refractivity contribution is 5.74. The first-order valence-electron chi connectivity index (χ1n) is 8.21. The zero-order chi connectivity index (χ0) is 17.9. The molecule has 0 bridgehead atoms. The van der Waals surface area contributed by atoms with E-state index in [1.807, 2.05) is 72.1 Å². The molecule has 2 aromatic carbocycles. The van der Waals surface area contributed by atoms with Gasteiger partial charge < -0.3 is 0 Å². The number of nitriles is 1. The van der Waals surface area contributed by atoms with Crippen molar-refractivity contribution < 1.29 is 0 Å². The quantitative estimate of drug-likeness (QED) is 0.457. The average Bonchev–Trinajstić information content (AvgIpc) is 3.04. The summed E-state index contributed by atoms with van der Waals surface area (Å²) in [5.41, 5.74) is 4.69. The molecule has 2 aromatic heterocycles. The molecular weight excluding hydrogens is 322 g/mol. The van der Waals surface area contributed by atoms with Crippen molar-refractivity contribution in [3.05, 3.63) is 84.1 Å². The van der Waals surface area contributed by atoms with Crippen LogP contribution in [0.5, 0.6) is 0 Å². The number of hydrogen-bond donors (Lipinski definition) is 0. The molecule has 124 valence electrons. The fourth-order valence-electron chi connectivity index (χ4n) is 2.78. The van der Waals surface area contributed by atoms with Crippen LogP contribution in [-0.2, 0) is 0 Å². The molecule has 0 amide bonds. The Bertz CT molecular complexity index is 1150. The molecule has 0 N–H and O–H groups in total. The first-order valence-corrected chi connectivity index (χ1v) is 8.21. The van der Waals surface area contributed by atoms with Crippen LogP contribution in [-0.4, -0.2) is 9.38 Å². The second-order valence-electron chi connectivity index (χ2n) is 5.91. The minimum absolute atomic E-state index is 0.488. The molecule has 0 fully saturated rings. The van der Waals surface area contributed by atoms with Crippen LogP contribution in [0.4, 0.5) is 11.5 Å². The number of rotatable bonds is 3. The van der Waals surface area contributed by atoms with Gasteiger partial charge in [-0.05, 0) is 36.8 Å². The second kappa shape index (κ2) is 6.61. The Labute approximate surface area is 150 Å². The number of hydrogen-bond acceptors (Lipinski definition) is 4. The van der Waals surface area contributed by atoms with Gasteiger partial charge in [0.1, 0.15) is 23.1 Å². The minimum atomic E-state index is 0.488. The Hall–Kier alpha value is -3.78. The van der Waals surface area contributed by atoms with E-state index >= 15 is 0 Å². The van der Waals surface area contributed by atoms with Gasteiger partial charge in [-0.1, -0.05) is 42.5 Å². The van der Waals surface area contributed by atoms with Crippen molar-refractivity contribution in [1.29, 1.82) is 5.26 Å². The molecule has 26 heavy (non-hydrogen) atoms. The lowest BCUT2D eigenvalue weighted by Crippen LogP contribution is -1.84. The van der Waals surface area contributed by atoms with Gasteiger partial charge in [0.05, 0.1) is 5.56 Å². The largest absolute Gasteiger partial charge is 0.283 e. The monoisotopic (exact) mass is 337 g/mol. The molecule has 0 atom stereocenters. The normalized spacial score (nSPS) is 11.1. The predicted octanol–water partition coefficient (Wildman–Crippen LogP) is 5.60. The zero-order valence-corrected chi connectivity index (χ0v) is 14.2. The van der Waals surface area contributed by atoms with Gasteiger partial charge in [-0.15, -0.1) is 10.2 Å². The smallest absolute Gasteiger partial charge is 0.187 e. The highest BCUT2D eigenvalue weighted by Gasteiger charge is 2.14. The summed E-state index contributed by atoms with van der Waals surface area (Å²) in [5.74, 6) is 0.638. The molecule has 4 aromatic rings. The number of aromatic nitrogens is 2. The third kappa shape index (κ3) is 2.85. The maximum absolute atomic E-state index is 9.24. The summed E-state index contributed by atoms with van der Waals surface area (Å²) in [7, 11) is 0. The van der Waals surface area contributed by atoms with Gasteiger partial charge >= 0.3 is 0 Å². The molecule has 0 aliphatic heterocycles. The molecule has 0 spiro atoms. The lowest BCUT2D eigenvalue weighted by molar-refractivity contribution is 1.10. The SMILES string of the molecule is Cc1ccn2c(N=Nc3ccccc3C#N)c(-c3ccccc3)nc2c1. The highest BCUT2D eigenvalue weighted by atomic mass is 15.2. The first-order chi connectivity index (χ1) is 12.8. The lowest BCUT2D eigenvalue weighted by Gasteiger charge is -2.00. The van der Waals surface area contributed by atoms with Crippen LogP contribution in [0.2, 0.25) is 0 Å². The molecule has 4 rings (SSSR count). The van der Waals surface area contributed by atoms with E-state index in [9.17, 15) is 5.26 Å². The minimum Gasteiger partial charge on any atom is -0.283 e. The number of aryl methyl sites for hydroxylation is 1. The van der Waals surface area contributed by atoms with Crippen molar-refractivity contribution in [3.63, 3.8) is 0 Å². The van der Waals surface area contributed by atoms with Crippen LogP contribution in [0.25, 0.3) is 16.9 Å². The molecule has 5 heteroatoms. The molecule has 0 unspecified atom stereocenters. The van der Waals surface area contributed by atoms with E-state index in [1.165, 1.54) is 0 Å². The molecule has 0 aliphatic carbocycles. The van der Waals surface area contributed by atoms with Crippen LogP contribution < -0.4 is 0 Å². The summed E-state index contributed by atoms with van der Waals surface area (Å²) in [6.07, 6.45) is 1.94. The van der Waals surface area contributed by atoms with Gasteiger partial charge in [-0.2, -0.15) is 5.26 Å². The van der Waals surface area contributed by atoms with Crippen molar-refractivity contribution in [2.24, 2.45) is 10.2 Å². The molecular formula is C21H15N5. The highest BCUT2D eigenvalue weighted by Crippen LogP contribution is 2.32. The van der Waals surface area contributed by atoms with E-state index in [0.717, 1.165) is 22.5 Å². The van der Waals surface area contributed by atoms with E-state index < -0.39 is 0 Å². The van der Waals surface area contributed by atoms with E-state index in [1.54, 1.807) is 12.1 Å². The van der Waals surface area contributed by atoms with Gasteiger partial charge in [0, 0.05) is 11.8 Å². The molecule has 0 aliphatic rings. The van der Waals surface area contributed by atoms with E-state index in [4.69, 9.17) is 4.98 Å². The van der Waals surface area contributed by atoms with Gasteiger partial charge in [-0.3, -0.25) is 4.40 Å². The number of imidazole rings is 1. The van der Waals surface area contributed by atoms with Gasteiger partial charge in [0.15, 0.2) is 5.82 Å². The standard InChI is InChI=1S/C21H15N5/c1-15-11-12-26-19(13-15)23-20(16-7-3-2-4-8-16)21(26)25-24-18-10-6-5-9-17(18)14-22/h2-13H,1H3. The lowest BCUT2D eigenvalue weighted by atomic mass is 10.1. The number of azo groups is 1. The third-order valence-electron chi connectivity index (χ3n) is 4.08. The summed E-state index contributed by atoms with van der Waals surface area (Å²) in [5, 5.41) is 18.0. The fourth-order valence-corrected chi connectivity index (χ4v) is 2.78. The molecule has 0 radical (unpaired) electrons. The maximum Gasteiger partial charge on any atom is 0.187 e. The Morgan fingerprint density at radius 3 is 2.54 bits per heavy atom. The Balaban J connectivity index is 1.90. The van der Waals surface area contributed by atoms with Gasteiger partial charge in [-0.25, -0.2) is 4.98 Å². The van der Waals surface area contributed by atoms with Crippen LogP contribution in [0.1, 0.15) is 11.1 Å². The predicted molar refractivity (Wildman–Crippen MR) is 101 cm³/mol. The van der Waals surface area contributed by atoms with Crippen molar-refractivity contribution >= 4 is 17.2 Å². The Morgan fingerprint density at radius 1 is 0.962 bits per heavy atom. The van der Waals surface area contributed by atoms with Gasteiger partial charge in [0.2, 0.25) is 0 Å². The Morgan fingerprint density at radius 2 is 1.73 bits per heavy atom. The van der Waals surface area contributed by atoms with Crippen LogP contribution in [0.15, 0.2) is 83.2 Å². The van der Waals surface area contributed by atoms with Crippen molar-refractivity contribution in [2.45, 2.75) is 6.92 Å². The summed E-state index contributed by atoms with van der Waals surface area (Å²) in [6, 6.07) is 23.2. The Kier molecular flexibility index (Phi) is 4.00. The average molecular weight is 337 g/mol. The van der Waals surface area contributed by atoms with E-state index in [0.29, 0.717) is 17.1 Å². The van der Waals surface area contributed by atoms with Crippen LogP contribution >= 0.6 is 0 Å². The summed E-state index contributed by atoms with van der Waals surface area (Å²) >= 11 is 0. The summed E-state index contributed by atoms with van der Waals surface area (Å²) in [4.78, 5) is 4.74. The first kappa shape index (κ1) is 15.7. The molecule has 2 heterocycles. The van der Waals surface area contributed by atoms with Crippen LogP contribution in [0.3, 0.4) is 0 Å². The number of pyridine rings is 1. The van der Waals surface area contributed by atoms with E-state index in [-0.39, 0.29) is 0 Å². The summed E-state index contributed by atoms with van der Waals surface area (Å²) < 4.78 is 1.91. The van der Waals surface area contributed by atoms with Crippen molar-refractivity contribution in [3.8, 4) is 17.3 Å². The molecule has 0 saturated heterocycles. The number of fused-ring (bicyclic) bond motifs is 1. The second-order valence-corrected chi connectivity index (χ2v) is 5.91.